The summed E-state index contributed by atoms with van der Waals surface area (Å²) >= 11 is 0. The lowest BCUT2D eigenvalue weighted by Gasteiger charge is -2.01. The molecule has 2 aromatic rings. The van der Waals surface area contributed by atoms with Gasteiger partial charge in [0.05, 0.1) is 25.3 Å². The summed E-state index contributed by atoms with van der Waals surface area (Å²) < 4.78 is 6.03. The Morgan fingerprint density at radius 1 is 1.56 bits per heavy atom. The highest BCUT2D eigenvalue weighted by Gasteiger charge is 2.11. The molecule has 0 unspecified atom stereocenters. The summed E-state index contributed by atoms with van der Waals surface area (Å²) in [6.07, 6.45) is 1.45. The molecule has 90 valence electrons. The van der Waals surface area contributed by atoms with Crippen molar-refractivity contribution in [2.75, 3.05) is 7.11 Å². The number of carbonyl (C=O) groups excluding carboxylic acids is 1. The Kier molecular flexibility index (Phi) is 3.34. The molecule has 6 heteroatoms. The first-order valence-corrected chi connectivity index (χ1v) is 5.19. The molecule has 0 spiro atoms. The molecule has 6 nitrogen and oxygen atoms in total. The Morgan fingerprint density at radius 2 is 2.39 bits per heavy atom. The van der Waals surface area contributed by atoms with Crippen LogP contribution in [0.15, 0.2) is 30.6 Å². The van der Waals surface area contributed by atoms with Gasteiger partial charge in [-0.1, -0.05) is 12.1 Å². The first kappa shape index (κ1) is 11.8. The number of carbonyl (C=O) groups is 1. The van der Waals surface area contributed by atoms with Gasteiger partial charge in [0, 0.05) is 0 Å². The van der Waals surface area contributed by atoms with E-state index in [1.807, 2.05) is 6.07 Å². The maximum Gasteiger partial charge on any atom is 0.377 e. The zero-order chi connectivity index (χ0) is 13.0. The molecule has 0 radical (unpaired) electrons. The van der Waals surface area contributed by atoms with Crippen LogP contribution in [0.3, 0.4) is 0 Å². The molecule has 1 aromatic heterocycles. The van der Waals surface area contributed by atoms with Gasteiger partial charge in [-0.15, -0.1) is 5.10 Å². The summed E-state index contributed by atoms with van der Waals surface area (Å²) in [6.45, 7) is 0.444. The molecule has 1 aromatic carbocycles. The molecule has 0 fully saturated rings. The van der Waals surface area contributed by atoms with Gasteiger partial charge >= 0.3 is 5.97 Å². The molecule has 0 bridgehead atoms. The molecule has 0 atom stereocenters. The van der Waals surface area contributed by atoms with Crippen molar-refractivity contribution in [2.45, 2.75) is 6.54 Å². The first-order valence-electron chi connectivity index (χ1n) is 5.19. The van der Waals surface area contributed by atoms with Crippen LogP contribution in [0.5, 0.6) is 0 Å². The number of esters is 1. The Morgan fingerprint density at radius 3 is 3.11 bits per heavy atom. The monoisotopic (exact) mass is 242 g/mol. The molecule has 0 aliphatic rings. The van der Waals surface area contributed by atoms with Crippen LogP contribution in [0.25, 0.3) is 0 Å². The highest BCUT2D eigenvalue weighted by molar-refractivity contribution is 5.84. The number of rotatable bonds is 3. The summed E-state index contributed by atoms with van der Waals surface area (Å²) in [4.78, 5) is 15.0. The molecule has 0 aliphatic carbocycles. The highest BCUT2D eigenvalue weighted by atomic mass is 16.5. The standard InChI is InChI=1S/C12H10N4O2/c1-18-12(17)11-14-8-16(15-11)7-10-4-2-3-9(5-10)6-13/h2-5,8H,7H2,1H3. The summed E-state index contributed by atoms with van der Waals surface area (Å²) in [5, 5.41) is 12.8. The van der Waals surface area contributed by atoms with Gasteiger partial charge < -0.3 is 4.74 Å². The van der Waals surface area contributed by atoms with Crippen LogP contribution in [0, 0.1) is 11.3 Å². The number of hydrogen-bond acceptors (Lipinski definition) is 5. The van der Waals surface area contributed by atoms with Crippen LogP contribution < -0.4 is 0 Å². The number of ether oxygens (including phenoxy) is 1. The van der Waals surface area contributed by atoms with Crippen molar-refractivity contribution in [3.63, 3.8) is 0 Å². The predicted molar refractivity (Wildman–Crippen MR) is 61.6 cm³/mol. The van der Waals surface area contributed by atoms with Gasteiger partial charge in [0.25, 0.3) is 5.82 Å². The number of nitriles is 1. The van der Waals surface area contributed by atoms with Crippen LogP contribution in [0.4, 0.5) is 0 Å². The molecule has 1 heterocycles. The average Bonchev–Trinajstić information content (AvgIpc) is 2.86. The van der Waals surface area contributed by atoms with Crippen LogP contribution in [-0.4, -0.2) is 27.8 Å². The van der Waals surface area contributed by atoms with Crippen LogP contribution in [-0.2, 0) is 11.3 Å². The van der Waals surface area contributed by atoms with Crippen LogP contribution >= 0.6 is 0 Å². The zero-order valence-corrected chi connectivity index (χ0v) is 9.70. The average molecular weight is 242 g/mol. The molecule has 2 rings (SSSR count). The normalized spacial score (nSPS) is 9.78. The molecule has 0 amide bonds. The third-order valence-electron chi connectivity index (χ3n) is 2.31. The van der Waals surface area contributed by atoms with Crippen molar-refractivity contribution in [1.82, 2.24) is 14.8 Å². The third-order valence-corrected chi connectivity index (χ3v) is 2.31. The van der Waals surface area contributed by atoms with E-state index in [9.17, 15) is 4.79 Å². The second-order valence-corrected chi connectivity index (χ2v) is 3.57. The van der Waals surface area contributed by atoms with E-state index in [-0.39, 0.29) is 5.82 Å². The number of methoxy groups -OCH3 is 1. The Labute approximate surface area is 103 Å². The maximum absolute atomic E-state index is 11.2. The molecule has 0 aliphatic heterocycles. The minimum atomic E-state index is -0.570. The fraction of sp³-hybridized carbons (Fsp3) is 0.167. The van der Waals surface area contributed by atoms with Gasteiger partial charge in [0.2, 0.25) is 0 Å². The van der Waals surface area contributed by atoms with Crippen LogP contribution in [0.2, 0.25) is 0 Å². The van der Waals surface area contributed by atoms with Crippen molar-refractivity contribution in [1.29, 1.82) is 5.26 Å². The van der Waals surface area contributed by atoms with E-state index < -0.39 is 5.97 Å². The second-order valence-electron chi connectivity index (χ2n) is 3.57. The smallest absolute Gasteiger partial charge is 0.377 e. The number of nitrogens with zero attached hydrogens (tertiary/aromatic N) is 4. The van der Waals surface area contributed by atoms with E-state index in [0.717, 1.165) is 5.56 Å². The van der Waals surface area contributed by atoms with E-state index in [1.165, 1.54) is 18.1 Å². The van der Waals surface area contributed by atoms with E-state index in [2.05, 4.69) is 20.9 Å². The molecular formula is C12H10N4O2. The minimum Gasteiger partial charge on any atom is -0.463 e. The molecule has 0 N–H and O–H groups in total. The fourth-order valence-electron chi connectivity index (χ4n) is 1.48. The van der Waals surface area contributed by atoms with Crippen molar-refractivity contribution < 1.29 is 9.53 Å². The van der Waals surface area contributed by atoms with E-state index in [1.54, 1.807) is 18.2 Å². The molecular weight excluding hydrogens is 232 g/mol. The summed E-state index contributed by atoms with van der Waals surface area (Å²) in [7, 11) is 1.28. The molecule has 0 saturated carbocycles. The van der Waals surface area contributed by atoms with Gasteiger partial charge in [-0.2, -0.15) is 5.26 Å². The predicted octanol–water partition coefficient (Wildman–Crippen LogP) is 0.985. The Balaban J connectivity index is 2.16. The quantitative estimate of drug-likeness (QED) is 0.749. The summed E-state index contributed by atoms with van der Waals surface area (Å²) in [5.74, 6) is -0.548. The Hall–Kier alpha value is -2.68. The lowest BCUT2D eigenvalue weighted by molar-refractivity contribution is 0.0586. The summed E-state index contributed by atoms with van der Waals surface area (Å²) in [5.41, 5.74) is 1.50. The van der Waals surface area contributed by atoms with Gasteiger partial charge in [0.15, 0.2) is 0 Å². The topological polar surface area (TPSA) is 80.8 Å². The number of aromatic nitrogens is 3. The third kappa shape index (κ3) is 2.52. The lowest BCUT2D eigenvalue weighted by Crippen LogP contribution is -2.06. The van der Waals surface area contributed by atoms with Crippen molar-refractivity contribution in [2.24, 2.45) is 0 Å². The molecule has 0 saturated heterocycles. The number of benzene rings is 1. The first-order chi connectivity index (χ1) is 8.72. The summed E-state index contributed by atoms with van der Waals surface area (Å²) in [6, 6.07) is 9.23. The largest absolute Gasteiger partial charge is 0.463 e. The van der Waals surface area contributed by atoms with Crippen molar-refractivity contribution in [3.05, 3.63) is 47.5 Å². The van der Waals surface area contributed by atoms with Gasteiger partial charge in [0.1, 0.15) is 6.33 Å². The van der Waals surface area contributed by atoms with Crippen LogP contribution in [0.1, 0.15) is 21.7 Å². The molecule has 18 heavy (non-hydrogen) atoms. The fourth-order valence-corrected chi connectivity index (χ4v) is 1.48. The van der Waals surface area contributed by atoms with Gasteiger partial charge in [-0.05, 0) is 17.7 Å². The van der Waals surface area contributed by atoms with Gasteiger partial charge in [-0.3, -0.25) is 0 Å². The zero-order valence-electron chi connectivity index (χ0n) is 9.70. The maximum atomic E-state index is 11.2. The van der Waals surface area contributed by atoms with E-state index >= 15 is 0 Å². The SMILES string of the molecule is COC(=O)c1ncn(Cc2cccc(C#N)c2)n1. The Bertz CT molecular complexity index is 613. The van der Waals surface area contributed by atoms with Gasteiger partial charge in [-0.25, -0.2) is 14.5 Å². The minimum absolute atomic E-state index is 0.0222. The second kappa shape index (κ2) is 5.10. The van der Waals surface area contributed by atoms with E-state index in [4.69, 9.17) is 5.26 Å². The number of hydrogen-bond donors (Lipinski definition) is 0. The highest BCUT2D eigenvalue weighted by Crippen LogP contribution is 2.06. The van der Waals surface area contributed by atoms with Crippen molar-refractivity contribution in [3.8, 4) is 6.07 Å². The van der Waals surface area contributed by atoms with E-state index in [0.29, 0.717) is 12.1 Å². The lowest BCUT2D eigenvalue weighted by atomic mass is 10.1. The van der Waals surface area contributed by atoms with Crippen molar-refractivity contribution >= 4 is 5.97 Å².